The number of alkyl halides is 3. The van der Waals surface area contributed by atoms with Gasteiger partial charge in [0.1, 0.15) is 4.88 Å². The first-order valence-electron chi connectivity index (χ1n) is 8.45. The van der Waals surface area contributed by atoms with E-state index in [-0.39, 0.29) is 23.0 Å². The van der Waals surface area contributed by atoms with Gasteiger partial charge in [0.2, 0.25) is 5.82 Å². The molecule has 152 valence electrons. The van der Waals surface area contributed by atoms with Gasteiger partial charge in [-0.15, -0.1) is 21.5 Å². The quantitative estimate of drug-likeness (QED) is 0.667. The van der Waals surface area contributed by atoms with Crippen LogP contribution < -0.4 is 0 Å². The summed E-state index contributed by atoms with van der Waals surface area (Å²) in [6.07, 6.45) is -3.84. The molecule has 0 saturated carbocycles. The Balaban J connectivity index is 2.07. The molecule has 0 atom stereocenters. The zero-order valence-corrected chi connectivity index (χ0v) is 17.3. The Kier molecular flexibility index (Phi) is 5.34. The van der Waals surface area contributed by atoms with E-state index in [1.165, 1.54) is 7.05 Å². The number of carbonyl (C=O) groups is 2. The average Bonchev–Trinajstić information content (AvgIpc) is 3.08. The fourth-order valence-electron chi connectivity index (χ4n) is 3.12. The van der Waals surface area contributed by atoms with E-state index in [0.29, 0.717) is 33.1 Å². The number of thiophene rings is 1. The van der Waals surface area contributed by atoms with Crippen molar-refractivity contribution in [3.05, 3.63) is 21.8 Å². The highest BCUT2D eigenvalue weighted by molar-refractivity contribution is 8.01. The van der Waals surface area contributed by atoms with Gasteiger partial charge in [-0.05, 0) is 36.1 Å². The number of nitrogens with zero attached hydrogens (tertiary/aromatic N) is 3. The summed E-state index contributed by atoms with van der Waals surface area (Å²) in [5.41, 5.74) is 0.669. The van der Waals surface area contributed by atoms with Crippen LogP contribution in [0, 0.1) is 5.41 Å². The Hall–Kier alpha value is -1.88. The summed E-state index contributed by atoms with van der Waals surface area (Å²) < 4.78 is 45.3. The van der Waals surface area contributed by atoms with E-state index in [9.17, 15) is 22.8 Å². The van der Waals surface area contributed by atoms with Crippen LogP contribution in [0.25, 0.3) is 0 Å². The summed E-state index contributed by atoms with van der Waals surface area (Å²) in [5, 5.41) is 6.80. The molecule has 0 bridgehead atoms. The number of ether oxygens (including phenoxy) is 1. The highest BCUT2D eigenvalue weighted by atomic mass is 32.2. The van der Waals surface area contributed by atoms with Crippen molar-refractivity contribution >= 4 is 34.9 Å². The minimum atomic E-state index is -4.63. The van der Waals surface area contributed by atoms with Crippen molar-refractivity contribution in [2.45, 2.75) is 49.2 Å². The van der Waals surface area contributed by atoms with Crippen LogP contribution in [0.2, 0.25) is 0 Å². The normalized spacial score (nSPS) is 16.2. The van der Waals surface area contributed by atoms with Crippen LogP contribution in [0.1, 0.15) is 58.6 Å². The van der Waals surface area contributed by atoms with Crippen molar-refractivity contribution in [2.75, 3.05) is 6.61 Å². The number of Topliss-reactive ketones (excluding diaryl/α,β-unsaturated/α-hetero) is 1. The van der Waals surface area contributed by atoms with E-state index >= 15 is 0 Å². The number of carbonyl (C=O) groups excluding carboxylic acids is 2. The van der Waals surface area contributed by atoms with Crippen molar-refractivity contribution in [3.8, 4) is 0 Å². The summed E-state index contributed by atoms with van der Waals surface area (Å²) in [4.78, 5) is 25.5. The Morgan fingerprint density at radius 2 is 2.00 bits per heavy atom. The van der Waals surface area contributed by atoms with Crippen LogP contribution >= 0.6 is 23.1 Å². The van der Waals surface area contributed by atoms with Crippen LogP contribution in [0.3, 0.4) is 0 Å². The van der Waals surface area contributed by atoms with Gasteiger partial charge in [0, 0.05) is 19.0 Å². The zero-order valence-electron chi connectivity index (χ0n) is 15.6. The highest BCUT2D eigenvalue weighted by Crippen LogP contribution is 2.47. The lowest BCUT2D eigenvalue weighted by atomic mass is 9.74. The Morgan fingerprint density at radius 3 is 2.57 bits per heavy atom. The van der Waals surface area contributed by atoms with Crippen LogP contribution in [-0.4, -0.2) is 33.1 Å². The van der Waals surface area contributed by atoms with Gasteiger partial charge in [0.25, 0.3) is 0 Å². The zero-order chi connectivity index (χ0) is 20.9. The number of rotatable bonds is 4. The van der Waals surface area contributed by atoms with E-state index in [0.717, 1.165) is 27.7 Å². The van der Waals surface area contributed by atoms with Gasteiger partial charge in [0.15, 0.2) is 10.9 Å². The number of fused-ring (bicyclic) bond motifs is 1. The molecule has 1 aliphatic carbocycles. The molecule has 0 aliphatic heterocycles. The average molecular weight is 433 g/mol. The molecule has 0 N–H and O–H groups in total. The number of aromatic nitrogens is 3. The van der Waals surface area contributed by atoms with Gasteiger partial charge >= 0.3 is 12.1 Å². The number of esters is 1. The van der Waals surface area contributed by atoms with E-state index in [1.807, 2.05) is 13.8 Å². The molecule has 0 amide bonds. The first-order chi connectivity index (χ1) is 12.9. The van der Waals surface area contributed by atoms with Crippen molar-refractivity contribution < 1.29 is 27.5 Å². The number of hydrogen-bond acceptors (Lipinski definition) is 7. The molecule has 0 spiro atoms. The molecular formula is C17H18F3N3O3S2. The monoisotopic (exact) mass is 433 g/mol. The van der Waals surface area contributed by atoms with Gasteiger partial charge in [-0.3, -0.25) is 4.79 Å². The predicted octanol–water partition coefficient (Wildman–Crippen LogP) is 4.38. The fraction of sp³-hybridized carbons (Fsp3) is 0.529. The van der Waals surface area contributed by atoms with Gasteiger partial charge in [-0.25, -0.2) is 4.79 Å². The van der Waals surface area contributed by atoms with E-state index in [2.05, 4.69) is 10.2 Å². The molecule has 2 aromatic rings. The second-order valence-electron chi connectivity index (χ2n) is 7.20. The van der Waals surface area contributed by atoms with Crippen molar-refractivity contribution in [1.29, 1.82) is 0 Å². The summed E-state index contributed by atoms with van der Waals surface area (Å²) in [7, 11) is 1.21. The maximum Gasteiger partial charge on any atom is 0.451 e. The lowest BCUT2D eigenvalue weighted by Crippen LogP contribution is -2.27. The third-order valence-corrected chi connectivity index (χ3v) is 6.72. The molecule has 1 aliphatic rings. The molecule has 28 heavy (non-hydrogen) atoms. The van der Waals surface area contributed by atoms with Gasteiger partial charge in [-0.1, -0.05) is 13.8 Å². The van der Waals surface area contributed by atoms with Crippen LogP contribution in [-0.2, 0) is 24.4 Å². The molecular weight excluding hydrogens is 415 g/mol. The molecule has 0 saturated heterocycles. The smallest absolute Gasteiger partial charge is 0.451 e. The van der Waals surface area contributed by atoms with Crippen LogP contribution in [0.5, 0.6) is 0 Å². The second kappa shape index (κ2) is 7.18. The summed E-state index contributed by atoms with van der Waals surface area (Å²) in [5.74, 6) is -1.80. The van der Waals surface area contributed by atoms with Crippen LogP contribution in [0.4, 0.5) is 13.2 Å². The standard InChI is InChI=1S/C17H18F3N3O3S2/c1-5-26-12(25)11-8-6-16(2,3)7-9(24)10(8)13(27-11)28-15-22-21-14(23(15)4)17(18,19)20/h5-7H2,1-4H3. The number of hydrogen-bond donors (Lipinski definition) is 0. The lowest BCUT2D eigenvalue weighted by molar-refractivity contribution is -0.147. The fourth-order valence-corrected chi connectivity index (χ4v) is 5.54. The Morgan fingerprint density at radius 1 is 1.32 bits per heavy atom. The number of ketones is 1. The second-order valence-corrected chi connectivity index (χ2v) is 9.46. The van der Waals surface area contributed by atoms with Crippen LogP contribution in [0.15, 0.2) is 9.37 Å². The van der Waals surface area contributed by atoms with Gasteiger partial charge in [-0.2, -0.15) is 13.2 Å². The maximum absolute atomic E-state index is 13.0. The first-order valence-corrected chi connectivity index (χ1v) is 10.1. The Labute approximate surface area is 167 Å². The topological polar surface area (TPSA) is 74.1 Å². The maximum atomic E-state index is 13.0. The number of halogens is 3. The summed E-state index contributed by atoms with van der Waals surface area (Å²) in [6.45, 7) is 5.74. The largest absolute Gasteiger partial charge is 0.462 e. The van der Waals surface area contributed by atoms with E-state index in [1.54, 1.807) is 6.92 Å². The van der Waals surface area contributed by atoms with Gasteiger partial charge < -0.3 is 9.30 Å². The lowest BCUT2D eigenvalue weighted by Gasteiger charge is -2.29. The third kappa shape index (κ3) is 3.82. The van der Waals surface area contributed by atoms with Gasteiger partial charge in [0.05, 0.1) is 10.8 Å². The molecule has 0 unspecified atom stereocenters. The minimum absolute atomic E-state index is 0.00980. The molecule has 2 heterocycles. The van der Waals surface area contributed by atoms with Crippen molar-refractivity contribution in [2.24, 2.45) is 12.5 Å². The van der Waals surface area contributed by atoms with Crippen molar-refractivity contribution in [3.63, 3.8) is 0 Å². The molecule has 2 aromatic heterocycles. The first kappa shape index (κ1) is 20.8. The summed E-state index contributed by atoms with van der Waals surface area (Å²) in [6, 6.07) is 0. The third-order valence-electron chi connectivity index (χ3n) is 4.28. The molecule has 0 radical (unpaired) electrons. The van der Waals surface area contributed by atoms with E-state index in [4.69, 9.17) is 4.74 Å². The molecule has 0 aromatic carbocycles. The molecule has 3 rings (SSSR count). The molecule has 0 fully saturated rings. The van der Waals surface area contributed by atoms with E-state index < -0.39 is 18.0 Å². The minimum Gasteiger partial charge on any atom is -0.462 e. The highest BCUT2D eigenvalue weighted by Gasteiger charge is 2.40. The Bertz CT molecular complexity index is 948. The molecule has 11 heteroatoms. The predicted molar refractivity (Wildman–Crippen MR) is 96.8 cm³/mol. The summed E-state index contributed by atoms with van der Waals surface area (Å²) >= 11 is 1.96. The molecule has 6 nitrogen and oxygen atoms in total. The van der Waals surface area contributed by atoms with Crippen molar-refractivity contribution in [1.82, 2.24) is 14.8 Å². The SMILES string of the molecule is CCOC(=O)c1sc(Sc2nnc(C(F)(F)F)n2C)c2c1CC(C)(C)CC2=O.